The lowest BCUT2D eigenvalue weighted by atomic mass is 10.1. The maximum absolute atomic E-state index is 13.2. The van der Waals surface area contributed by atoms with Crippen molar-refractivity contribution in [2.45, 2.75) is 18.7 Å². The Bertz CT molecular complexity index is 1650. The molecule has 0 bridgehead atoms. The molecule has 2 aliphatic rings. The van der Waals surface area contributed by atoms with Crippen LogP contribution in [0, 0.1) is 0 Å². The number of rotatable bonds is 5. The molecule has 0 radical (unpaired) electrons. The van der Waals surface area contributed by atoms with Gasteiger partial charge in [-0.2, -0.15) is 0 Å². The number of nitrogens with zero attached hydrogens (tertiary/aromatic N) is 3. The number of amides is 2. The van der Waals surface area contributed by atoms with Crippen LogP contribution >= 0.6 is 11.6 Å². The van der Waals surface area contributed by atoms with E-state index >= 15 is 0 Å². The zero-order chi connectivity index (χ0) is 27.2. The van der Waals surface area contributed by atoms with E-state index in [9.17, 15) is 22.8 Å². The summed E-state index contributed by atoms with van der Waals surface area (Å²) in [5, 5.41) is 0.903. The minimum Gasteiger partial charge on any atom is -0.422 e. The molecule has 2 aliphatic heterocycles. The Kier molecular flexibility index (Phi) is 6.79. The molecule has 0 saturated carbocycles. The van der Waals surface area contributed by atoms with Crippen LogP contribution in [0.15, 0.2) is 61.5 Å². The molecule has 0 aliphatic carbocycles. The summed E-state index contributed by atoms with van der Waals surface area (Å²) in [5.74, 6) is -1.12. The number of carbonyl (C=O) groups is 2. The van der Waals surface area contributed by atoms with Gasteiger partial charge in [-0.1, -0.05) is 17.7 Å². The van der Waals surface area contributed by atoms with Gasteiger partial charge in [0, 0.05) is 61.4 Å². The van der Waals surface area contributed by atoms with E-state index in [0.29, 0.717) is 16.5 Å². The number of halogens is 1. The molecule has 3 heterocycles. The van der Waals surface area contributed by atoms with Crippen molar-refractivity contribution in [3.8, 4) is 0 Å². The zero-order valence-electron chi connectivity index (χ0n) is 20.9. The van der Waals surface area contributed by atoms with Crippen LogP contribution in [0.5, 0.6) is 0 Å². The van der Waals surface area contributed by atoms with Crippen LogP contribution in [0.25, 0.3) is 17.0 Å². The first-order valence-corrected chi connectivity index (χ1v) is 14.2. The second-order valence-electron chi connectivity index (χ2n) is 9.12. The number of hydrogen-bond acceptors (Lipinski definition) is 7. The number of carbonyl (C=O) groups excluding carboxylic acids is 2. The van der Waals surface area contributed by atoms with Gasteiger partial charge in [-0.25, -0.2) is 13.2 Å². The Hall–Kier alpha value is -3.63. The summed E-state index contributed by atoms with van der Waals surface area (Å²) in [4.78, 5) is 43.7. The molecule has 5 rings (SSSR count). The summed E-state index contributed by atoms with van der Waals surface area (Å²) >= 11 is 5.95. The van der Waals surface area contributed by atoms with E-state index in [0.717, 1.165) is 18.8 Å². The van der Waals surface area contributed by atoms with Crippen molar-refractivity contribution >= 4 is 56.0 Å². The van der Waals surface area contributed by atoms with Crippen LogP contribution < -0.4 is 10.5 Å². The summed E-state index contributed by atoms with van der Waals surface area (Å²) in [5.41, 5.74) is 0.937. The summed E-state index contributed by atoms with van der Waals surface area (Å²) in [6.45, 7) is 6.24. The van der Waals surface area contributed by atoms with Crippen LogP contribution in [0.4, 0.5) is 5.69 Å². The fourth-order valence-corrected chi connectivity index (χ4v) is 6.68. The fraction of sp³-hybridized carbons (Fsp3) is 0.296. The number of fused-ring (bicyclic) bond motifs is 2. The highest BCUT2D eigenvalue weighted by atomic mass is 35.5. The van der Waals surface area contributed by atoms with Gasteiger partial charge < -0.3 is 19.1 Å². The number of sulfone groups is 1. The van der Waals surface area contributed by atoms with Crippen LogP contribution in [0.2, 0.25) is 5.02 Å². The van der Waals surface area contributed by atoms with E-state index in [-0.39, 0.29) is 46.6 Å². The monoisotopic (exact) mass is 555 g/mol. The first kappa shape index (κ1) is 26.0. The van der Waals surface area contributed by atoms with Gasteiger partial charge in [-0.15, -0.1) is 0 Å². The predicted molar refractivity (Wildman–Crippen MR) is 145 cm³/mol. The topological polar surface area (TPSA) is 108 Å². The maximum Gasteiger partial charge on any atom is 0.349 e. The summed E-state index contributed by atoms with van der Waals surface area (Å²) in [6.07, 6.45) is 1.35. The number of benzene rings is 2. The molecule has 11 heteroatoms. The Balaban J connectivity index is 1.30. The van der Waals surface area contributed by atoms with Gasteiger partial charge in [0.05, 0.1) is 4.90 Å². The second-order valence-corrected chi connectivity index (χ2v) is 11.4. The Morgan fingerprint density at radius 2 is 1.61 bits per heavy atom. The van der Waals surface area contributed by atoms with Crippen molar-refractivity contribution in [1.29, 1.82) is 0 Å². The molecular weight excluding hydrogens is 530 g/mol. The third kappa shape index (κ3) is 4.48. The van der Waals surface area contributed by atoms with Crippen LogP contribution in [0.3, 0.4) is 0 Å². The Labute approximate surface area is 224 Å². The molecule has 198 valence electrons. The highest BCUT2D eigenvalue weighted by molar-refractivity contribution is 7.96. The molecule has 1 aromatic heterocycles. The standard InChI is InChI=1S/C27H26ClN3O6S/c1-3-29(4-2)20-8-6-17-13-21(27(34)37-22(17)16-20)25(32)30-9-11-31(12-10-30)26(33)24-14-18-5-7-19(28)15-23(18)38(24,35)36/h5-8,13-16H,3-4,9-12H2,1-2H3. The molecule has 38 heavy (non-hydrogen) atoms. The molecule has 0 spiro atoms. The van der Waals surface area contributed by atoms with E-state index in [1.54, 1.807) is 18.2 Å². The van der Waals surface area contributed by atoms with Gasteiger partial charge in [0.15, 0.2) is 0 Å². The quantitative estimate of drug-likeness (QED) is 0.444. The molecule has 1 fully saturated rings. The predicted octanol–water partition coefficient (Wildman–Crippen LogP) is 3.41. The first-order chi connectivity index (χ1) is 18.1. The molecule has 2 amide bonds. The zero-order valence-corrected chi connectivity index (χ0v) is 22.5. The average Bonchev–Trinajstić information content (AvgIpc) is 3.17. The molecule has 2 aromatic carbocycles. The highest BCUT2D eigenvalue weighted by Gasteiger charge is 2.38. The molecule has 9 nitrogen and oxygen atoms in total. The fourth-order valence-electron chi connectivity index (χ4n) is 4.85. The maximum atomic E-state index is 13.2. The molecule has 3 aromatic rings. The number of hydrogen-bond donors (Lipinski definition) is 0. The summed E-state index contributed by atoms with van der Waals surface area (Å²) in [6, 6.07) is 11.5. The Morgan fingerprint density at radius 3 is 2.26 bits per heavy atom. The second kappa shape index (κ2) is 9.92. The van der Waals surface area contributed by atoms with Crippen LogP contribution in [-0.2, 0) is 14.6 Å². The van der Waals surface area contributed by atoms with E-state index in [4.69, 9.17) is 16.0 Å². The molecule has 0 N–H and O–H groups in total. The molecule has 0 unspecified atom stereocenters. The van der Waals surface area contributed by atoms with Crippen molar-refractivity contribution < 1.29 is 22.4 Å². The van der Waals surface area contributed by atoms with Crippen molar-refractivity contribution in [3.63, 3.8) is 0 Å². The lowest BCUT2D eigenvalue weighted by Gasteiger charge is -2.34. The normalized spacial score (nSPS) is 16.3. The summed E-state index contributed by atoms with van der Waals surface area (Å²) < 4.78 is 31.4. The van der Waals surface area contributed by atoms with Gasteiger partial charge in [0.2, 0.25) is 9.84 Å². The minimum atomic E-state index is -3.98. The van der Waals surface area contributed by atoms with Crippen molar-refractivity contribution in [3.05, 3.63) is 73.9 Å². The molecule has 0 atom stereocenters. The molecular formula is C27H26ClN3O6S. The van der Waals surface area contributed by atoms with E-state index in [2.05, 4.69) is 4.90 Å². The van der Waals surface area contributed by atoms with Gasteiger partial charge in [-0.05, 0) is 55.8 Å². The lowest BCUT2D eigenvalue weighted by Crippen LogP contribution is -2.51. The van der Waals surface area contributed by atoms with Crippen LogP contribution in [-0.4, -0.2) is 69.3 Å². The van der Waals surface area contributed by atoms with E-state index in [1.807, 2.05) is 26.0 Å². The first-order valence-electron chi connectivity index (χ1n) is 12.3. The lowest BCUT2D eigenvalue weighted by molar-refractivity contribution is -0.127. The third-order valence-corrected chi connectivity index (χ3v) is 9.02. The molecule has 1 saturated heterocycles. The number of anilines is 1. The van der Waals surface area contributed by atoms with Gasteiger partial charge in [0.1, 0.15) is 16.1 Å². The van der Waals surface area contributed by atoms with Crippen molar-refractivity contribution in [2.24, 2.45) is 0 Å². The van der Waals surface area contributed by atoms with Crippen molar-refractivity contribution in [2.75, 3.05) is 44.2 Å². The Morgan fingerprint density at radius 1 is 0.947 bits per heavy atom. The largest absolute Gasteiger partial charge is 0.422 e. The van der Waals surface area contributed by atoms with Crippen molar-refractivity contribution in [1.82, 2.24) is 9.80 Å². The SMILES string of the molecule is CCN(CC)c1ccc2cc(C(=O)N3CCN(C(=O)C4=Cc5ccc(Cl)cc5S4(=O)=O)CC3)c(=O)oc2c1. The number of piperazine rings is 1. The van der Waals surface area contributed by atoms with Crippen LogP contribution in [0.1, 0.15) is 29.8 Å². The smallest absolute Gasteiger partial charge is 0.349 e. The van der Waals surface area contributed by atoms with Gasteiger partial charge >= 0.3 is 5.63 Å². The minimum absolute atomic E-state index is 0.00871. The van der Waals surface area contributed by atoms with E-state index < -0.39 is 27.3 Å². The summed E-state index contributed by atoms with van der Waals surface area (Å²) in [7, 11) is -3.98. The van der Waals surface area contributed by atoms with Gasteiger partial charge in [-0.3, -0.25) is 9.59 Å². The van der Waals surface area contributed by atoms with E-state index in [1.165, 1.54) is 28.0 Å². The third-order valence-electron chi connectivity index (χ3n) is 6.98. The van der Waals surface area contributed by atoms with Gasteiger partial charge in [0.25, 0.3) is 11.8 Å². The highest BCUT2D eigenvalue weighted by Crippen LogP contribution is 2.35. The average molecular weight is 556 g/mol.